The molecule has 0 aliphatic carbocycles. The minimum atomic E-state index is -0.342. The molecule has 0 atom stereocenters. The Balaban J connectivity index is 3.09. The minimum absolute atomic E-state index is 0.342. The fourth-order valence-corrected chi connectivity index (χ4v) is 1.31. The number of hydrogen-bond donors (Lipinski definition) is 1. The average Bonchev–Trinajstić information content (AvgIpc) is 2.04. The van der Waals surface area contributed by atoms with Crippen LogP contribution in [0.1, 0.15) is 12.5 Å². The van der Waals surface area contributed by atoms with Crippen molar-refractivity contribution in [3.63, 3.8) is 0 Å². The molecule has 0 heterocycles. The van der Waals surface area contributed by atoms with E-state index in [1.807, 2.05) is 0 Å². The van der Waals surface area contributed by atoms with Gasteiger partial charge in [0, 0.05) is 12.6 Å². The lowest BCUT2D eigenvalue weighted by atomic mass is 10.1. The molecule has 1 aromatic rings. The van der Waals surface area contributed by atoms with Crippen LogP contribution in [0.2, 0.25) is 5.02 Å². The highest BCUT2D eigenvalue weighted by molar-refractivity contribution is 6.34. The average molecular weight is 201 g/mol. The molecule has 0 fully saturated rings. The summed E-state index contributed by atoms with van der Waals surface area (Å²) in [7, 11) is 1.70. The highest BCUT2D eigenvalue weighted by Crippen LogP contribution is 2.17. The third-order valence-corrected chi connectivity index (χ3v) is 1.91. The fourth-order valence-electron chi connectivity index (χ4n) is 1.01. The van der Waals surface area contributed by atoms with Crippen LogP contribution in [0.5, 0.6) is 0 Å². The predicted molar refractivity (Wildman–Crippen MR) is 52.7 cm³/mol. The molecule has 0 saturated heterocycles. The van der Waals surface area contributed by atoms with Gasteiger partial charge in [0.2, 0.25) is 0 Å². The molecule has 70 valence electrons. The lowest BCUT2D eigenvalue weighted by Gasteiger charge is -2.02. The van der Waals surface area contributed by atoms with Gasteiger partial charge in [0.15, 0.2) is 0 Å². The van der Waals surface area contributed by atoms with Crippen molar-refractivity contribution in [1.82, 2.24) is 5.43 Å². The molecule has 0 spiro atoms. The van der Waals surface area contributed by atoms with Crippen molar-refractivity contribution in [3.8, 4) is 0 Å². The molecule has 0 aliphatic heterocycles. The van der Waals surface area contributed by atoms with Gasteiger partial charge in [-0.3, -0.25) is 0 Å². The lowest BCUT2D eigenvalue weighted by molar-refractivity contribution is 0.628. The van der Waals surface area contributed by atoms with Crippen LogP contribution in [0.15, 0.2) is 23.3 Å². The van der Waals surface area contributed by atoms with E-state index in [1.54, 1.807) is 20.0 Å². The van der Waals surface area contributed by atoms with E-state index in [4.69, 9.17) is 11.6 Å². The van der Waals surface area contributed by atoms with Crippen molar-refractivity contribution in [2.24, 2.45) is 5.10 Å². The fraction of sp³-hybridized carbons (Fsp3) is 0.222. The molecule has 0 bridgehead atoms. The van der Waals surface area contributed by atoms with Crippen molar-refractivity contribution < 1.29 is 4.39 Å². The summed E-state index contributed by atoms with van der Waals surface area (Å²) in [6.45, 7) is 1.80. The highest BCUT2D eigenvalue weighted by Gasteiger charge is 2.04. The largest absolute Gasteiger partial charge is 0.313 e. The highest BCUT2D eigenvalue weighted by atomic mass is 35.5. The van der Waals surface area contributed by atoms with Crippen LogP contribution in [0, 0.1) is 5.82 Å². The second-order valence-corrected chi connectivity index (χ2v) is 2.95. The van der Waals surface area contributed by atoms with Gasteiger partial charge in [0.05, 0.1) is 10.7 Å². The minimum Gasteiger partial charge on any atom is -0.313 e. The SMILES string of the molecule is CN/N=C(/C)c1ccc(F)cc1Cl. The van der Waals surface area contributed by atoms with Crippen molar-refractivity contribution in [3.05, 3.63) is 34.6 Å². The summed E-state index contributed by atoms with van der Waals surface area (Å²) < 4.78 is 12.7. The third kappa shape index (κ3) is 2.42. The first kappa shape index (κ1) is 9.99. The van der Waals surface area contributed by atoms with Gasteiger partial charge in [-0.2, -0.15) is 5.10 Å². The summed E-state index contributed by atoms with van der Waals surface area (Å²) in [6.07, 6.45) is 0. The van der Waals surface area contributed by atoms with E-state index in [0.717, 1.165) is 11.3 Å². The molecule has 0 radical (unpaired) electrons. The Bertz CT molecular complexity index is 336. The second kappa shape index (κ2) is 4.23. The maximum atomic E-state index is 12.7. The van der Waals surface area contributed by atoms with Gasteiger partial charge in [-0.1, -0.05) is 11.6 Å². The van der Waals surface area contributed by atoms with Crippen molar-refractivity contribution >= 4 is 17.3 Å². The van der Waals surface area contributed by atoms with Crippen LogP contribution in [0.3, 0.4) is 0 Å². The van der Waals surface area contributed by atoms with Gasteiger partial charge in [0.1, 0.15) is 5.82 Å². The standard InChI is InChI=1S/C9H10ClFN2/c1-6(13-12-2)8-4-3-7(11)5-9(8)10/h3-5,12H,1-2H3/b13-6-. The Labute approximate surface area is 81.4 Å². The van der Waals surface area contributed by atoms with Gasteiger partial charge >= 0.3 is 0 Å². The zero-order chi connectivity index (χ0) is 9.84. The lowest BCUT2D eigenvalue weighted by Crippen LogP contribution is -2.03. The Hall–Kier alpha value is -1.09. The normalized spacial score (nSPS) is 11.5. The summed E-state index contributed by atoms with van der Waals surface area (Å²) in [6, 6.07) is 4.23. The molecule has 0 aromatic heterocycles. The zero-order valence-corrected chi connectivity index (χ0v) is 8.19. The van der Waals surface area contributed by atoms with Crippen molar-refractivity contribution in [1.29, 1.82) is 0 Å². The van der Waals surface area contributed by atoms with Gasteiger partial charge in [-0.15, -0.1) is 0 Å². The number of rotatable bonds is 2. The summed E-state index contributed by atoms with van der Waals surface area (Å²) >= 11 is 5.81. The third-order valence-electron chi connectivity index (χ3n) is 1.60. The Morgan fingerprint density at radius 2 is 2.23 bits per heavy atom. The van der Waals surface area contributed by atoms with Gasteiger partial charge in [-0.05, 0) is 25.1 Å². The van der Waals surface area contributed by atoms with E-state index >= 15 is 0 Å². The monoisotopic (exact) mass is 200 g/mol. The number of hydrazone groups is 1. The first-order chi connectivity index (χ1) is 6.15. The van der Waals surface area contributed by atoms with Crippen LogP contribution in [0.4, 0.5) is 4.39 Å². The van der Waals surface area contributed by atoms with Crippen LogP contribution in [-0.4, -0.2) is 12.8 Å². The van der Waals surface area contributed by atoms with Crippen LogP contribution >= 0.6 is 11.6 Å². The van der Waals surface area contributed by atoms with E-state index in [-0.39, 0.29) is 5.82 Å². The van der Waals surface area contributed by atoms with E-state index in [0.29, 0.717) is 5.02 Å². The zero-order valence-electron chi connectivity index (χ0n) is 7.44. The summed E-state index contributed by atoms with van der Waals surface area (Å²) in [4.78, 5) is 0. The number of nitrogens with zero attached hydrogens (tertiary/aromatic N) is 1. The predicted octanol–water partition coefficient (Wildman–Crippen LogP) is 2.42. The Kier molecular flexibility index (Phi) is 3.25. The molecule has 0 unspecified atom stereocenters. The molecule has 0 saturated carbocycles. The van der Waals surface area contributed by atoms with E-state index < -0.39 is 0 Å². The van der Waals surface area contributed by atoms with Gasteiger partial charge in [0.25, 0.3) is 0 Å². The number of halogens is 2. The quantitative estimate of drug-likeness (QED) is 0.576. The maximum absolute atomic E-state index is 12.7. The topological polar surface area (TPSA) is 24.4 Å². The molecule has 13 heavy (non-hydrogen) atoms. The molecule has 0 amide bonds. The molecule has 0 aliphatic rings. The van der Waals surface area contributed by atoms with Crippen LogP contribution in [0.25, 0.3) is 0 Å². The molecule has 4 heteroatoms. The molecule has 2 nitrogen and oxygen atoms in total. The number of benzene rings is 1. The Morgan fingerprint density at radius 3 is 2.77 bits per heavy atom. The van der Waals surface area contributed by atoms with Crippen molar-refractivity contribution in [2.45, 2.75) is 6.92 Å². The van der Waals surface area contributed by atoms with Gasteiger partial charge in [-0.25, -0.2) is 4.39 Å². The van der Waals surface area contributed by atoms with Crippen LogP contribution < -0.4 is 5.43 Å². The van der Waals surface area contributed by atoms with Crippen LogP contribution in [-0.2, 0) is 0 Å². The second-order valence-electron chi connectivity index (χ2n) is 2.54. The number of hydrogen-bond acceptors (Lipinski definition) is 2. The van der Waals surface area contributed by atoms with Gasteiger partial charge < -0.3 is 5.43 Å². The first-order valence-electron chi connectivity index (χ1n) is 3.81. The maximum Gasteiger partial charge on any atom is 0.124 e. The van der Waals surface area contributed by atoms with E-state index in [9.17, 15) is 4.39 Å². The number of nitrogens with one attached hydrogen (secondary N) is 1. The van der Waals surface area contributed by atoms with E-state index in [2.05, 4.69) is 10.5 Å². The molecular formula is C9H10ClFN2. The first-order valence-corrected chi connectivity index (χ1v) is 4.19. The molecular weight excluding hydrogens is 191 g/mol. The molecule has 1 aromatic carbocycles. The summed E-state index contributed by atoms with van der Waals surface area (Å²) in [5.41, 5.74) is 4.11. The summed E-state index contributed by atoms with van der Waals surface area (Å²) in [5, 5.41) is 4.32. The summed E-state index contributed by atoms with van der Waals surface area (Å²) in [5.74, 6) is -0.342. The molecule has 1 rings (SSSR count). The smallest absolute Gasteiger partial charge is 0.124 e. The Morgan fingerprint density at radius 1 is 1.54 bits per heavy atom. The van der Waals surface area contributed by atoms with Crippen molar-refractivity contribution in [2.75, 3.05) is 7.05 Å². The van der Waals surface area contributed by atoms with E-state index in [1.165, 1.54) is 12.1 Å². The molecule has 1 N–H and O–H groups in total.